The predicted octanol–water partition coefficient (Wildman–Crippen LogP) is 3.84. The molecule has 0 saturated carbocycles. The van der Waals surface area contributed by atoms with Crippen molar-refractivity contribution in [2.45, 2.75) is 5.16 Å². The smallest absolute Gasteiger partial charge is 0.323 e. The molecule has 1 N–H and O–H groups in total. The van der Waals surface area contributed by atoms with Crippen molar-refractivity contribution in [2.75, 3.05) is 11.1 Å². The first-order chi connectivity index (χ1) is 12.5. The van der Waals surface area contributed by atoms with Crippen LogP contribution in [0.3, 0.4) is 0 Å². The molecule has 6 nitrogen and oxygen atoms in total. The number of amides is 1. The number of para-hydroxylation sites is 1. The molecule has 26 heavy (non-hydrogen) atoms. The van der Waals surface area contributed by atoms with Gasteiger partial charge < -0.3 is 5.32 Å². The van der Waals surface area contributed by atoms with Gasteiger partial charge in [-0.2, -0.15) is 4.57 Å². The maximum Gasteiger partial charge on any atom is 0.391 e. The van der Waals surface area contributed by atoms with Crippen molar-refractivity contribution in [3.63, 3.8) is 0 Å². The number of hydrogen-bond acceptors (Lipinski definition) is 5. The molecule has 2 aromatic heterocycles. The molecule has 0 atom stereocenters. The van der Waals surface area contributed by atoms with Crippen molar-refractivity contribution in [3.05, 3.63) is 64.1 Å². The Kier molecular flexibility index (Phi) is 6.26. The molecule has 0 bridgehead atoms. The van der Waals surface area contributed by atoms with E-state index in [4.69, 9.17) is 34.8 Å². The van der Waals surface area contributed by atoms with Gasteiger partial charge in [-0.15, -0.1) is 0 Å². The highest BCUT2D eigenvalue weighted by Gasteiger charge is 2.19. The number of carbonyl (C=O) groups excluding carboxylic acids is 1. The van der Waals surface area contributed by atoms with Crippen molar-refractivity contribution in [3.8, 4) is 5.69 Å². The van der Waals surface area contributed by atoms with Crippen LogP contribution in [0.5, 0.6) is 0 Å². The molecule has 0 saturated heterocycles. The van der Waals surface area contributed by atoms with E-state index in [9.17, 15) is 4.79 Å². The van der Waals surface area contributed by atoms with Gasteiger partial charge in [0, 0.05) is 0 Å². The third-order valence-electron chi connectivity index (χ3n) is 3.16. The second-order valence-electron chi connectivity index (χ2n) is 4.93. The van der Waals surface area contributed by atoms with Gasteiger partial charge in [0.1, 0.15) is 17.5 Å². The Morgan fingerprint density at radius 1 is 1.15 bits per heavy atom. The summed E-state index contributed by atoms with van der Waals surface area (Å²) in [5.74, 6) is -0.167. The van der Waals surface area contributed by atoms with Gasteiger partial charge in [0.2, 0.25) is 5.91 Å². The first-order valence-corrected chi connectivity index (χ1v) is 9.39. The van der Waals surface area contributed by atoms with Crippen LogP contribution in [-0.2, 0) is 4.79 Å². The van der Waals surface area contributed by atoms with Crippen molar-refractivity contribution >= 4 is 58.2 Å². The molecule has 1 amide bonds. The summed E-state index contributed by atoms with van der Waals surface area (Å²) in [6.45, 7) is 0. The first kappa shape index (κ1) is 18.8. The van der Waals surface area contributed by atoms with Crippen molar-refractivity contribution in [2.24, 2.45) is 0 Å². The van der Waals surface area contributed by atoms with Crippen LogP contribution in [0.15, 0.2) is 53.9 Å². The average molecular weight is 428 g/mol. The second kappa shape index (κ2) is 8.64. The number of anilines is 1. The second-order valence-corrected chi connectivity index (χ2v) is 7.02. The minimum atomic E-state index is -0.266. The quantitative estimate of drug-likeness (QED) is 0.380. The summed E-state index contributed by atoms with van der Waals surface area (Å²) in [7, 11) is 0. The number of rotatable bonds is 5. The van der Waals surface area contributed by atoms with Crippen LogP contribution in [0.1, 0.15) is 0 Å². The fourth-order valence-electron chi connectivity index (χ4n) is 2.04. The third kappa shape index (κ3) is 4.62. The number of halogens is 3. The van der Waals surface area contributed by atoms with Crippen LogP contribution in [-0.4, -0.2) is 26.8 Å². The van der Waals surface area contributed by atoms with E-state index in [2.05, 4.69) is 20.5 Å². The standard InChI is InChI=1S/C16H10Cl3N5OS/c17-10-3-1-2-4-12(10)24-8-7-20-23-16(24)26-9-14(25)21-11-5-6-13(18)22-15(11)19/h1-8H,9H2/p+1. The Morgan fingerprint density at radius 2 is 1.96 bits per heavy atom. The summed E-state index contributed by atoms with van der Waals surface area (Å²) in [5.41, 5.74) is 1.14. The topological polar surface area (TPSA) is 71.7 Å². The molecular weight excluding hydrogens is 417 g/mol. The molecule has 2 heterocycles. The molecule has 0 radical (unpaired) electrons. The number of nitrogens with zero attached hydrogens (tertiary/aromatic N) is 4. The van der Waals surface area contributed by atoms with Crippen LogP contribution < -0.4 is 9.88 Å². The summed E-state index contributed by atoms with van der Waals surface area (Å²) >= 11 is 19.2. The zero-order chi connectivity index (χ0) is 18.5. The maximum absolute atomic E-state index is 12.2. The summed E-state index contributed by atoms with van der Waals surface area (Å²) < 4.78 is 1.77. The number of pyridine rings is 1. The Hall–Kier alpha value is -1.93. The lowest BCUT2D eigenvalue weighted by molar-refractivity contribution is -0.642. The molecule has 0 spiro atoms. The van der Waals surface area contributed by atoms with Crippen LogP contribution in [0.25, 0.3) is 5.69 Å². The van der Waals surface area contributed by atoms with Gasteiger partial charge in [0.25, 0.3) is 0 Å². The van der Waals surface area contributed by atoms with E-state index in [1.807, 2.05) is 18.2 Å². The molecule has 132 valence electrons. The van der Waals surface area contributed by atoms with Gasteiger partial charge in [-0.1, -0.05) is 46.9 Å². The largest absolute Gasteiger partial charge is 0.391 e. The number of hydrogen-bond donors (Lipinski definition) is 1. The van der Waals surface area contributed by atoms with E-state index in [0.29, 0.717) is 15.9 Å². The van der Waals surface area contributed by atoms with Gasteiger partial charge in [-0.3, -0.25) is 4.79 Å². The molecule has 0 unspecified atom stereocenters. The SMILES string of the molecule is O=C(CSc1nncc[n+]1-c1ccccc1Cl)Nc1ccc(Cl)nc1Cl. The molecule has 0 aliphatic heterocycles. The Morgan fingerprint density at radius 3 is 2.73 bits per heavy atom. The molecule has 3 rings (SSSR count). The highest BCUT2D eigenvalue weighted by Crippen LogP contribution is 2.22. The van der Waals surface area contributed by atoms with Crippen LogP contribution in [0, 0.1) is 0 Å². The summed E-state index contributed by atoms with van der Waals surface area (Å²) in [6, 6.07) is 10.5. The van der Waals surface area contributed by atoms with E-state index in [1.54, 1.807) is 35.2 Å². The highest BCUT2D eigenvalue weighted by atomic mass is 35.5. The molecule has 0 aliphatic carbocycles. The Labute approximate surface area is 168 Å². The van der Waals surface area contributed by atoms with Gasteiger partial charge >= 0.3 is 5.16 Å². The molecule has 0 aliphatic rings. The lowest BCUT2D eigenvalue weighted by atomic mass is 10.3. The van der Waals surface area contributed by atoms with E-state index in [1.165, 1.54) is 11.8 Å². The maximum atomic E-state index is 12.2. The number of thioether (sulfide) groups is 1. The summed E-state index contributed by atoms with van der Waals surface area (Å²) in [6.07, 6.45) is 3.28. The van der Waals surface area contributed by atoms with E-state index < -0.39 is 0 Å². The third-order valence-corrected chi connectivity index (χ3v) is 4.93. The Balaban J connectivity index is 1.72. The van der Waals surface area contributed by atoms with Crippen LogP contribution in [0.4, 0.5) is 5.69 Å². The number of nitrogens with one attached hydrogen (secondary N) is 1. The van der Waals surface area contributed by atoms with E-state index in [0.717, 1.165) is 5.69 Å². The number of benzene rings is 1. The van der Waals surface area contributed by atoms with Gasteiger partial charge in [-0.05, 0) is 41.1 Å². The highest BCUT2D eigenvalue weighted by molar-refractivity contribution is 7.99. The minimum Gasteiger partial charge on any atom is -0.323 e. The average Bonchev–Trinajstić information content (AvgIpc) is 2.63. The first-order valence-electron chi connectivity index (χ1n) is 7.27. The Bertz CT molecular complexity index is 957. The summed E-state index contributed by atoms with van der Waals surface area (Å²) in [5, 5.41) is 12.1. The van der Waals surface area contributed by atoms with Crippen LogP contribution in [0.2, 0.25) is 15.3 Å². The van der Waals surface area contributed by atoms with Crippen molar-refractivity contribution in [1.29, 1.82) is 0 Å². The fraction of sp³-hybridized carbons (Fsp3) is 0.0625. The van der Waals surface area contributed by atoms with Gasteiger partial charge in [0.15, 0.2) is 10.8 Å². The van der Waals surface area contributed by atoms with E-state index >= 15 is 0 Å². The zero-order valence-electron chi connectivity index (χ0n) is 13.1. The van der Waals surface area contributed by atoms with Gasteiger partial charge in [0.05, 0.1) is 21.6 Å². The van der Waals surface area contributed by atoms with Gasteiger partial charge in [-0.25, -0.2) is 4.98 Å². The molecule has 10 heteroatoms. The lowest BCUT2D eigenvalue weighted by Crippen LogP contribution is -2.35. The fourth-order valence-corrected chi connectivity index (χ4v) is 3.40. The number of carbonyl (C=O) groups is 1. The van der Waals surface area contributed by atoms with E-state index in [-0.39, 0.29) is 22.0 Å². The normalized spacial score (nSPS) is 10.6. The minimum absolute atomic E-state index is 0.0993. The van der Waals surface area contributed by atoms with Crippen LogP contribution >= 0.6 is 46.6 Å². The molecule has 1 aromatic carbocycles. The molecular formula is C16H11Cl3N5OS+. The van der Waals surface area contributed by atoms with Crippen molar-refractivity contribution in [1.82, 2.24) is 15.2 Å². The monoisotopic (exact) mass is 426 g/mol. The van der Waals surface area contributed by atoms with Crippen molar-refractivity contribution < 1.29 is 9.36 Å². The zero-order valence-corrected chi connectivity index (χ0v) is 16.1. The molecule has 0 fully saturated rings. The lowest BCUT2D eigenvalue weighted by Gasteiger charge is -2.06. The predicted molar refractivity (Wildman–Crippen MR) is 102 cm³/mol. The summed E-state index contributed by atoms with van der Waals surface area (Å²) in [4.78, 5) is 16.1. The molecule has 3 aromatic rings. The number of aromatic nitrogens is 4.